The van der Waals surface area contributed by atoms with Crippen molar-refractivity contribution in [3.63, 3.8) is 0 Å². The molecule has 0 N–H and O–H groups in total. The van der Waals surface area contributed by atoms with Gasteiger partial charge in [-0.2, -0.15) is 4.67 Å². The second-order valence-electron chi connectivity index (χ2n) is 1.09. The molecule has 1 aliphatic rings. The van der Waals surface area contributed by atoms with Crippen molar-refractivity contribution in [3.8, 4) is 0 Å². The van der Waals surface area contributed by atoms with Crippen molar-refractivity contribution in [2.75, 3.05) is 6.61 Å². The quantitative estimate of drug-likeness (QED) is 0.352. The molecule has 0 aromatic carbocycles. The summed E-state index contributed by atoms with van der Waals surface area (Å²) in [7, 11) is -1.95. The topological polar surface area (TPSA) is 35.5 Å². The van der Waals surface area contributed by atoms with Crippen molar-refractivity contribution >= 4 is 8.03 Å². The molecule has 0 aromatic rings. The molecule has 1 unspecified atom stereocenters. The maximum absolute atomic E-state index is 10.2. The molecule has 0 saturated heterocycles. The molecule has 0 amide bonds. The highest BCUT2D eigenvalue weighted by molar-refractivity contribution is 7.42. The third-order valence-electron chi connectivity index (χ3n) is 0.559. The molecular weight excluding hydrogens is 115 g/mol. The normalized spacial score (nSPS) is 30.6. The molecule has 0 aromatic heterocycles. The number of rotatable bonds is 0. The van der Waals surface area contributed by atoms with Gasteiger partial charge in [0.05, 0.1) is 0 Å². The molecule has 0 fully saturated rings. The Labute approximate surface area is 41.7 Å². The van der Waals surface area contributed by atoms with Crippen molar-refractivity contribution in [3.05, 3.63) is 11.9 Å². The van der Waals surface area contributed by atoms with Crippen LogP contribution in [0.5, 0.6) is 0 Å². The van der Waals surface area contributed by atoms with Gasteiger partial charge in [0.15, 0.2) is 0 Å². The van der Waals surface area contributed by atoms with E-state index in [1.807, 2.05) is 0 Å². The predicted molar refractivity (Wildman–Crippen MR) is 25.2 cm³/mol. The van der Waals surface area contributed by atoms with E-state index in [4.69, 9.17) is 0 Å². The van der Waals surface area contributed by atoms with E-state index in [1.54, 1.807) is 6.08 Å². The molecule has 1 rings (SSSR count). The number of hydrogen-bond acceptors (Lipinski definition) is 3. The molecule has 0 bridgehead atoms. The molecule has 1 aliphatic heterocycles. The zero-order chi connectivity index (χ0) is 5.11. The van der Waals surface area contributed by atoms with Gasteiger partial charge in [-0.05, 0) is 5.82 Å². The minimum absolute atomic E-state index is 0.413. The Bertz CT molecular complexity index is 109. The maximum atomic E-state index is 10.2. The van der Waals surface area contributed by atoms with Crippen LogP contribution in [0.15, 0.2) is 11.9 Å². The van der Waals surface area contributed by atoms with Crippen LogP contribution in [-0.2, 0) is 14.1 Å². The molecular formula is C3H5O3P. The van der Waals surface area contributed by atoms with Crippen LogP contribution in [0, 0.1) is 0 Å². The first kappa shape index (κ1) is 5.04. The lowest BCUT2D eigenvalue weighted by Crippen LogP contribution is -1.89. The first-order chi connectivity index (χ1) is 3.39. The minimum atomic E-state index is -1.95. The summed E-state index contributed by atoms with van der Waals surface area (Å²) in [5.74, 6) is 1.51. The van der Waals surface area contributed by atoms with Crippen LogP contribution < -0.4 is 0 Å². The van der Waals surface area contributed by atoms with Crippen LogP contribution in [0.1, 0.15) is 0 Å². The van der Waals surface area contributed by atoms with Crippen molar-refractivity contribution in [2.45, 2.75) is 0 Å². The highest BCUT2D eigenvalue weighted by Crippen LogP contribution is 2.26. The van der Waals surface area contributed by atoms with Gasteiger partial charge >= 0.3 is 0 Å². The summed E-state index contributed by atoms with van der Waals surface area (Å²) in [5, 5.41) is 0. The summed E-state index contributed by atoms with van der Waals surface area (Å²) in [6.45, 7) is 0.413. The lowest BCUT2D eigenvalue weighted by Gasteiger charge is -2.00. The van der Waals surface area contributed by atoms with Crippen LogP contribution in [0.2, 0.25) is 0 Å². The van der Waals surface area contributed by atoms with Gasteiger partial charge in [0.25, 0.3) is 0 Å². The first-order valence-corrected chi connectivity index (χ1v) is 3.29. The van der Waals surface area contributed by atoms with Gasteiger partial charge in [-0.1, -0.05) is 6.08 Å². The van der Waals surface area contributed by atoms with Crippen molar-refractivity contribution in [1.29, 1.82) is 0 Å². The molecule has 1 heterocycles. The first-order valence-electron chi connectivity index (χ1n) is 1.89. The second-order valence-corrected chi connectivity index (χ2v) is 2.23. The fraction of sp³-hybridized carbons (Fsp3) is 0.333. The average molecular weight is 120 g/mol. The monoisotopic (exact) mass is 120 g/mol. The highest BCUT2D eigenvalue weighted by atomic mass is 31.1. The van der Waals surface area contributed by atoms with Crippen LogP contribution in [0.25, 0.3) is 0 Å². The van der Waals surface area contributed by atoms with E-state index in [9.17, 15) is 4.57 Å². The Morgan fingerprint density at radius 1 is 1.71 bits per heavy atom. The third-order valence-corrected chi connectivity index (χ3v) is 1.35. The lowest BCUT2D eigenvalue weighted by molar-refractivity contribution is -0.191. The van der Waals surface area contributed by atoms with Gasteiger partial charge in [0.1, 0.15) is 6.61 Å². The average Bonchev–Trinajstić information content (AvgIpc) is 1.69. The Balaban J connectivity index is 2.51. The summed E-state index contributed by atoms with van der Waals surface area (Å²) in [5.41, 5.74) is 0. The lowest BCUT2D eigenvalue weighted by atomic mass is 10.7. The molecule has 0 aliphatic carbocycles. The minimum Gasteiger partial charge on any atom is -0.289 e. The Morgan fingerprint density at radius 3 is 2.86 bits per heavy atom. The zero-order valence-corrected chi connectivity index (χ0v) is 4.59. The Hall–Kier alpha value is -0.110. The van der Waals surface area contributed by atoms with Crippen LogP contribution in [-0.4, -0.2) is 6.61 Å². The standard InChI is InChI=1S/C3H5O3P/c4-7-3-1-2-5-6-7/h1,3,7H,2H2. The van der Waals surface area contributed by atoms with E-state index in [-0.39, 0.29) is 0 Å². The molecule has 3 nitrogen and oxygen atoms in total. The van der Waals surface area contributed by atoms with Gasteiger partial charge in [-0.25, -0.2) is 4.89 Å². The number of hydrogen-bond donors (Lipinski definition) is 0. The molecule has 7 heavy (non-hydrogen) atoms. The fourth-order valence-electron chi connectivity index (χ4n) is 0.303. The van der Waals surface area contributed by atoms with Crippen LogP contribution in [0.3, 0.4) is 0 Å². The molecule has 1 atom stereocenters. The van der Waals surface area contributed by atoms with E-state index in [2.05, 4.69) is 9.56 Å². The van der Waals surface area contributed by atoms with Crippen molar-refractivity contribution in [2.24, 2.45) is 0 Å². The van der Waals surface area contributed by atoms with Crippen LogP contribution in [0.4, 0.5) is 0 Å². The van der Waals surface area contributed by atoms with Gasteiger partial charge in [-0.15, -0.1) is 0 Å². The summed E-state index contributed by atoms with van der Waals surface area (Å²) in [6.07, 6.45) is 1.67. The van der Waals surface area contributed by atoms with E-state index in [1.165, 1.54) is 5.82 Å². The smallest absolute Gasteiger partial charge is 0.245 e. The summed E-state index contributed by atoms with van der Waals surface area (Å²) in [6, 6.07) is 0. The molecule has 40 valence electrons. The Morgan fingerprint density at radius 2 is 2.57 bits per heavy atom. The Kier molecular flexibility index (Phi) is 1.63. The van der Waals surface area contributed by atoms with E-state index in [0.29, 0.717) is 6.61 Å². The fourth-order valence-corrected chi connectivity index (χ4v) is 0.832. The third kappa shape index (κ3) is 1.43. The van der Waals surface area contributed by atoms with E-state index < -0.39 is 8.03 Å². The molecule has 0 saturated carbocycles. The second kappa shape index (κ2) is 2.26. The highest BCUT2D eigenvalue weighted by Gasteiger charge is 1.97. The van der Waals surface area contributed by atoms with E-state index >= 15 is 0 Å². The SMILES string of the molecule is O=[PH]1C=CCOO1. The summed E-state index contributed by atoms with van der Waals surface area (Å²) >= 11 is 0. The summed E-state index contributed by atoms with van der Waals surface area (Å²) < 4.78 is 14.5. The van der Waals surface area contributed by atoms with Gasteiger partial charge in [0, 0.05) is 0 Å². The van der Waals surface area contributed by atoms with Gasteiger partial charge < -0.3 is 0 Å². The van der Waals surface area contributed by atoms with E-state index in [0.717, 1.165) is 0 Å². The maximum Gasteiger partial charge on any atom is 0.245 e. The molecule has 0 spiro atoms. The molecule has 4 heteroatoms. The van der Waals surface area contributed by atoms with Gasteiger partial charge in [0.2, 0.25) is 8.03 Å². The van der Waals surface area contributed by atoms with Crippen molar-refractivity contribution in [1.82, 2.24) is 0 Å². The van der Waals surface area contributed by atoms with Gasteiger partial charge in [-0.3, -0.25) is 4.57 Å². The summed E-state index contributed by atoms with van der Waals surface area (Å²) in [4.78, 5) is 4.33. The predicted octanol–water partition coefficient (Wildman–Crippen LogP) is 0.937. The van der Waals surface area contributed by atoms with Crippen LogP contribution >= 0.6 is 8.03 Å². The van der Waals surface area contributed by atoms with Crippen molar-refractivity contribution < 1.29 is 14.1 Å². The molecule has 0 radical (unpaired) electrons. The largest absolute Gasteiger partial charge is 0.289 e. The zero-order valence-electron chi connectivity index (χ0n) is 3.59.